The van der Waals surface area contributed by atoms with E-state index < -0.39 is 0 Å². The molecule has 0 aliphatic carbocycles. The largest absolute Gasteiger partial charge is 0.422 e. The van der Waals surface area contributed by atoms with Gasteiger partial charge < -0.3 is 4.74 Å². The maximum Gasteiger partial charge on any atom is 0.343 e. The molecule has 2 nitrogen and oxygen atoms in total. The van der Waals surface area contributed by atoms with Crippen LogP contribution in [-0.2, 0) is 9.53 Å². The number of carbonyl (C=O) groups excluding carboxylic acids is 1. The Morgan fingerprint density at radius 3 is 2.38 bits per heavy atom. The number of esters is 1. The molecule has 1 aliphatic heterocycles. The molecule has 0 saturated heterocycles. The third-order valence-corrected chi connectivity index (χ3v) is 4.31. The van der Waals surface area contributed by atoms with Gasteiger partial charge in [0, 0.05) is 5.56 Å². The van der Waals surface area contributed by atoms with Gasteiger partial charge in [0.1, 0.15) is 5.76 Å². The molecule has 0 saturated carbocycles. The van der Waals surface area contributed by atoms with E-state index in [1.165, 1.54) is 5.56 Å². The molecular formula is C22H22O2. The molecule has 0 unspecified atom stereocenters. The summed E-state index contributed by atoms with van der Waals surface area (Å²) in [6, 6.07) is 14.4. The minimum atomic E-state index is -0.293. The first kappa shape index (κ1) is 16.3. The molecule has 24 heavy (non-hydrogen) atoms. The fourth-order valence-electron chi connectivity index (χ4n) is 2.78. The molecule has 1 heterocycles. The van der Waals surface area contributed by atoms with Crippen molar-refractivity contribution in [3.63, 3.8) is 0 Å². The Morgan fingerprint density at radius 1 is 1.00 bits per heavy atom. The molecule has 2 heteroatoms. The Kier molecular flexibility index (Phi) is 4.39. The lowest BCUT2D eigenvalue weighted by Crippen LogP contribution is -1.98. The number of cyclic esters (lactones) is 1. The van der Waals surface area contributed by atoms with E-state index in [4.69, 9.17) is 4.74 Å². The van der Waals surface area contributed by atoms with Crippen molar-refractivity contribution < 1.29 is 9.53 Å². The van der Waals surface area contributed by atoms with Gasteiger partial charge in [-0.1, -0.05) is 55.8 Å². The highest BCUT2D eigenvalue weighted by molar-refractivity contribution is 6.05. The van der Waals surface area contributed by atoms with E-state index >= 15 is 0 Å². The van der Waals surface area contributed by atoms with Gasteiger partial charge in [0.15, 0.2) is 0 Å². The molecule has 0 atom stereocenters. The first-order valence-electron chi connectivity index (χ1n) is 8.27. The molecule has 0 fully saturated rings. The molecular weight excluding hydrogens is 296 g/mol. The van der Waals surface area contributed by atoms with Crippen LogP contribution in [0.1, 0.15) is 47.6 Å². The van der Waals surface area contributed by atoms with Gasteiger partial charge in [-0.25, -0.2) is 4.79 Å². The van der Waals surface area contributed by atoms with E-state index in [2.05, 4.69) is 38.1 Å². The number of carbonyl (C=O) groups is 1. The van der Waals surface area contributed by atoms with Crippen molar-refractivity contribution >= 4 is 17.8 Å². The SMILES string of the molecule is Cc1ccc(C)c(C2=C/C(=C\c3ccc(C(C)C)cc3)C(=O)O2)c1. The third kappa shape index (κ3) is 3.33. The molecule has 0 radical (unpaired) electrons. The topological polar surface area (TPSA) is 26.3 Å². The maximum absolute atomic E-state index is 12.2. The van der Waals surface area contributed by atoms with Crippen LogP contribution < -0.4 is 0 Å². The van der Waals surface area contributed by atoms with Gasteiger partial charge in [0.25, 0.3) is 0 Å². The van der Waals surface area contributed by atoms with E-state index in [1.54, 1.807) is 0 Å². The highest BCUT2D eigenvalue weighted by Gasteiger charge is 2.23. The molecule has 0 bridgehead atoms. The van der Waals surface area contributed by atoms with Crippen LogP contribution in [0.25, 0.3) is 11.8 Å². The van der Waals surface area contributed by atoms with Crippen molar-refractivity contribution in [3.8, 4) is 0 Å². The zero-order valence-electron chi connectivity index (χ0n) is 14.6. The molecule has 0 N–H and O–H groups in total. The second-order valence-corrected chi connectivity index (χ2v) is 6.64. The fraction of sp³-hybridized carbons (Fsp3) is 0.227. The normalized spacial score (nSPS) is 15.8. The highest BCUT2D eigenvalue weighted by Crippen LogP contribution is 2.30. The van der Waals surface area contributed by atoms with Crippen LogP contribution >= 0.6 is 0 Å². The van der Waals surface area contributed by atoms with Crippen LogP contribution in [0.4, 0.5) is 0 Å². The average molecular weight is 318 g/mol. The van der Waals surface area contributed by atoms with Crippen molar-refractivity contribution in [1.29, 1.82) is 0 Å². The summed E-state index contributed by atoms with van der Waals surface area (Å²) in [7, 11) is 0. The summed E-state index contributed by atoms with van der Waals surface area (Å²) in [6.45, 7) is 8.39. The number of hydrogen-bond acceptors (Lipinski definition) is 2. The predicted octanol–water partition coefficient (Wildman–Crippen LogP) is 5.41. The van der Waals surface area contributed by atoms with Gasteiger partial charge in [-0.2, -0.15) is 0 Å². The van der Waals surface area contributed by atoms with Crippen molar-refractivity contribution in [3.05, 3.63) is 81.9 Å². The van der Waals surface area contributed by atoms with E-state index in [0.717, 1.165) is 22.3 Å². The molecule has 3 rings (SSSR count). The Balaban J connectivity index is 1.92. The quantitative estimate of drug-likeness (QED) is 0.559. The summed E-state index contributed by atoms with van der Waals surface area (Å²) >= 11 is 0. The molecule has 0 spiro atoms. The Bertz CT molecular complexity index is 837. The van der Waals surface area contributed by atoms with E-state index in [9.17, 15) is 4.79 Å². The first-order valence-corrected chi connectivity index (χ1v) is 8.27. The average Bonchev–Trinajstić information content (AvgIpc) is 2.91. The molecule has 0 aromatic heterocycles. The summed E-state index contributed by atoms with van der Waals surface area (Å²) in [4.78, 5) is 12.2. The van der Waals surface area contributed by atoms with E-state index in [0.29, 0.717) is 17.3 Å². The second-order valence-electron chi connectivity index (χ2n) is 6.64. The third-order valence-electron chi connectivity index (χ3n) is 4.31. The van der Waals surface area contributed by atoms with Crippen LogP contribution in [0.5, 0.6) is 0 Å². The second kappa shape index (κ2) is 6.48. The van der Waals surface area contributed by atoms with Gasteiger partial charge in [-0.05, 0) is 54.7 Å². The minimum absolute atomic E-state index is 0.293. The molecule has 1 aliphatic rings. The van der Waals surface area contributed by atoms with Crippen molar-refractivity contribution in [2.75, 3.05) is 0 Å². The smallest absolute Gasteiger partial charge is 0.343 e. The maximum atomic E-state index is 12.2. The van der Waals surface area contributed by atoms with Crippen molar-refractivity contribution in [1.82, 2.24) is 0 Å². The molecule has 122 valence electrons. The summed E-state index contributed by atoms with van der Waals surface area (Å²) in [6.07, 6.45) is 3.71. The van der Waals surface area contributed by atoms with Crippen LogP contribution in [-0.4, -0.2) is 5.97 Å². The standard InChI is InChI=1S/C22H22O2/c1-14(2)18-9-7-17(8-10-18)12-19-13-21(24-22(19)23)20-11-15(3)5-6-16(20)4/h5-14H,1-4H3/b19-12+. The van der Waals surface area contributed by atoms with E-state index in [-0.39, 0.29) is 5.97 Å². The number of aryl methyl sites for hydroxylation is 2. The highest BCUT2D eigenvalue weighted by atomic mass is 16.5. The van der Waals surface area contributed by atoms with Crippen LogP contribution in [0.2, 0.25) is 0 Å². The van der Waals surface area contributed by atoms with Crippen LogP contribution in [0, 0.1) is 13.8 Å². The van der Waals surface area contributed by atoms with Crippen LogP contribution in [0.3, 0.4) is 0 Å². The Hall–Kier alpha value is -2.61. The summed E-state index contributed by atoms with van der Waals surface area (Å²) in [5, 5.41) is 0. The number of rotatable bonds is 3. The predicted molar refractivity (Wildman–Crippen MR) is 98.5 cm³/mol. The lowest BCUT2D eigenvalue weighted by molar-refractivity contribution is -0.130. The van der Waals surface area contributed by atoms with Gasteiger partial charge in [0.05, 0.1) is 5.57 Å². The molecule has 2 aromatic carbocycles. The number of ether oxygens (including phenoxy) is 1. The molecule has 2 aromatic rings. The van der Waals surface area contributed by atoms with Crippen LogP contribution in [0.15, 0.2) is 54.1 Å². The number of hydrogen-bond donors (Lipinski definition) is 0. The summed E-state index contributed by atoms with van der Waals surface area (Å²) in [5.41, 5.74) is 6.10. The monoisotopic (exact) mass is 318 g/mol. The van der Waals surface area contributed by atoms with Crippen molar-refractivity contribution in [2.24, 2.45) is 0 Å². The first-order chi connectivity index (χ1) is 11.4. The number of benzene rings is 2. The Morgan fingerprint density at radius 2 is 1.71 bits per heavy atom. The van der Waals surface area contributed by atoms with Gasteiger partial charge >= 0.3 is 5.97 Å². The molecule has 0 amide bonds. The lowest BCUT2D eigenvalue weighted by Gasteiger charge is -2.06. The van der Waals surface area contributed by atoms with Gasteiger partial charge in [0.2, 0.25) is 0 Å². The zero-order valence-corrected chi connectivity index (χ0v) is 14.6. The van der Waals surface area contributed by atoms with E-state index in [1.807, 2.05) is 44.2 Å². The zero-order chi connectivity index (χ0) is 17.3. The van der Waals surface area contributed by atoms with Crippen molar-refractivity contribution in [2.45, 2.75) is 33.6 Å². The Labute approximate surface area is 143 Å². The summed E-state index contributed by atoms with van der Waals surface area (Å²) in [5.74, 6) is 0.837. The fourth-order valence-corrected chi connectivity index (χ4v) is 2.78. The lowest BCUT2D eigenvalue weighted by atomic mass is 10.0. The minimum Gasteiger partial charge on any atom is -0.422 e. The summed E-state index contributed by atoms with van der Waals surface area (Å²) < 4.78 is 5.48. The van der Waals surface area contributed by atoms with Gasteiger partial charge in [-0.3, -0.25) is 0 Å². The van der Waals surface area contributed by atoms with Gasteiger partial charge in [-0.15, -0.1) is 0 Å².